The molecule has 1 saturated heterocycles. The van der Waals surface area contributed by atoms with Crippen LogP contribution in [-0.4, -0.2) is 27.7 Å². The van der Waals surface area contributed by atoms with Crippen molar-refractivity contribution < 1.29 is 20.0 Å². The lowest BCUT2D eigenvalue weighted by Crippen LogP contribution is -2.49. The van der Waals surface area contributed by atoms with E-state index in [1.807, 2.05) is 13.8 Å². The molecular weight excluding hydrogens is 160 g/mol. The van der Waals surface area contributed by atoms with Crippen LogP contribution in [0.15, 0.2) is 0 Å². The summed E-state index contributed by atoms with van der Waals surface area (Å²) < 4.78 is 0. The predicted octanol–water partition coefficient (Wildman–Crippen LogP) is 0.576. The second-order valence-corrected chi connectivity index (χ2v) is 4.11. The summed E-state index contributed by atoms with van der Waals surface area (Å²) in [5.74, 6) is 0. The molecule has 0 saturated carbocycles. The first-order valence-electron chi connectivity index (χ1n) is 4.09. The fraction of sp³-hybridized carbons (Fsp3) is 1.00. The maximum atomic E-state index is 8.96. The van der Waals surface area contributed by atoms with E-state index in [-0.39, 0.29) is 5.60 Å². The molecule has 12 heavy (non-hydrogen) atoms. The number of hydrogen-bond acceptors (Lipinski definition) is 4. The molecule has 0 aliphatic carbocycles. The summed E-state index contributed by atoms with van der Waals surface area (Å²) >= 11 is 0. The highest BCUT2D eigenvalue weighted by Gasteiger charge is 2.42. The monoisotopic (exact) mass is 176 g/mol. The Balaban J connectivity index is 2.55. The second kappa shape index (κ2) is 2.96. The standard InChI is InChI=1S/C8H16O4/c1-7(2)4-5-8(3,6(9)10)12-11-7/h6,9-10H,4-5H2,1-3H3. The van der Waals surface area contributed by atoms with Crippen LogP contribution in [0.2, 0.25) is 0 Å². The van der Waals surface area contributed by atoms with Crippen LogP contribution >= 0.6 is 0 Å². The van der Waals surface area contributed by atoms with Gasteiger partial charge >= 0.3 is 0 Å². The Morgan fingerprint density at radius 2 is 1.67 bits per heavy atom. The number of rotatable bonds is 1. The van der Waals surface area contributed by atoms with Crippen molar-refractivity contribution in [2.45, 2.75) is 51.1 Å². The fourth-order valence-electron chi connectivity index (χ4n) is 1.01. The summed E-state index contributed by atoms with van der Waals surface area (Å²) in [6, 6.07) is 0. The number of aliphatic hydroxyl groups excluding tert-OH is 1. The van der Waals surface area contributed by atoms with Gasteiger partial charge < -0.3 is 10.2 Å². The first-order chi connectivity index (χ1) is 5.36. The van der Waals surface area contributed by atoms with Crippen molar-refractivity contribution in [3.8, 4) is 0 Å². The molecule has 72 valence electrons. The zero-order chi connectivity index (χ0) is 9.41. The molecule has 1 rings (SSSR count). The molecule has 2 N–H and O–H groups in total. The van der Waals surface area contributed by atoms with E-state index in [4.69, 9.17) is 20.0 Å². The SMILES string of the molecule is CC1(C)CCC(C)(C(O)O)OO1. The van der Waals surface area contributed by atoms with Gasteiger partial charge in [-0.25, -0.2) is 9.78 Å². The van der Waals surface area contributed by atoms with E-state index in [1.54, 1.807) is 6.92 Å². The number of hydrogen-bond donors (Lipinski definition) is 2. The highest BCUT2D eigenvalue weighted by molar-refractivity contribution is 4.83. The quantitative estimate of drug-likeness (QED) is 0.453. The van der Waals surface area contributed by atoms with Crippen molar-refractivity contribution in [1.29, 1.82) is 0 Å². The maximum absolute atomic E-state index is 8.96. The minimum atomic E-state index is -1.49. The molecule has 0 bridgehead atoms. The highest BCUT2D eigenvalue weighted by Crippen LogP contribution is 2.33. The molecule has 0 spiro atoms. The lowest BCUT2D eigenvalue weighted by Gasteiger charge is -2.40. The van der Waals surface area contributed by atoms with Crippen LogP contribution in [0.3, 0.4) is 0 Å². The Morgan fingerprint density at radius 3 is 2.00 bits per heavy atom. The lowest BCUT2D eigenvalue weighted by atomic mass is 9.91. The average Bonchev–Trinajstić information content (AvgIpc) is 1.96. The second-order valence-electron chi connectivity index (χ2n) is 4.11. The average molecular weight is 176 g/mol. The normalized spacial score (nSPS) is 35.5. The van der Waals surface area contributed by atoms with E-state index in [2.05, 4.69) is 0 Å². The summed E-state index contributed by atoms with van der Waals surface area (Å²) in [6.07, 6.45) is -0.160. The van der Waals surface area contributed by atoms with Crippen LogP contribution < -0.4 is 0 Å². The van der Waals surface area contributed by atoms with Gasteiger partial charge in [-0.2, -0.15) is 0 Å². The van der Waals surface area contributed by atoms with Gasteiger partial charge in [0.25, 0.3) is 0 Å². The molecule has 4 heteroatoms. The molecule has 1 unspecified atom stereocenters. The van der Waals surface area contributed by atoms with Crippen molar-refractivity contribution in [3.05, 3.63) is 0 Å². The third-order valence-corrected chi connectivity index (χ3v) is 2.23. The van der Waals surface area contributed by atoms with Gasteiger partial charge in [-0.15, -0.1) is 0 Å². The van der Waals surface area contributed by atoms with Gasteiger partial charge in [0.2, 0.25) is 0 Å². The Kier molecular flexibility index (Phi) is 2.45. The number of aliphatic hydroxyl groups is 2. The first kappa shape index (κ1) is 9.92. The third kappa shape index (κ3) is 1.95. The molecular formula is C8H16O4. The van der Waals surface area contributed by atoms with Crippen LogP contribution in [0.5, 0.6) is 0 Å². The van der Waals surface area contributed by atoms with Crippen molar-refractivity contribution >= 4 is 0 Å². The van der Waals surface area contributed by atoms with Gasteiger partial charge in [0.1, 0.15) is 0 Å². The Hall–Kier alpha value is -0.160. The van der Waals surface area contributed by atoms with E-state index in [0.29, 0.717) is 6.42 Å². The van der Waals surface area contributed by atoms with Gasteiger partial charge in [-0.3, -0.25) is 0 Å². The molecule has 1 atom stereocenters. The molecule has 0 aromatic heterocycles. The molecule has 0 aromatic carbocycles. The van der Waals surface area contributed by atoms with Crippen LogP contribution in [0, 0.1) is 0 Å². The van der Waals surface area contributed by atoms with E-state index >= 15 is 0 Å². The van der Waals surface area contributed by atoms with E-state index in [1.165, 1.54) is 0 Å². The minimum absolute atomic E-state index is 0.325. The summed E-state index contributed by atoms with van der Waals surface area (Å²) in [4.78, 5) is 9.96. The third-order valence-electron chi connectivity index (χ3n) is 2.23. The first-order valence-corrected chi connectivity index (χ1v) is 4.09. The predicted molar refractivity (Wildman–Crippen MR) is 42.1 cm³/mol. The smallest absolute Gasteiger partial charge is 0.184 e. The molecule has 1 fully saturated rings. The topological polar surface area (TPSA) is 58.9 Å². The fourth-order valence-corrected chi connectivity index (χ4v) is 1.01. The van der Waals surface area contributed by atoms with Crippen LogP contribution in [0.1, 0.15) is 33.6 Å². The largest absolute Gasteiger partial charge is 0.366 e. The molecule has 0 radical (unpaired) electrons. The van der Waals surface area contributed by atoms with E-state index < -0.39 is 11.9 Å². The van der Waals surface area contributed by atoms with Gasteiger partial charge in [-0.1, -0.05) is 0 Å². The van der Waals surface area contributed by atoms with Gasteiger partial charge in [0, 0.05) is 0 Å². The molecule has 0 aromatic rings. The molecule has 1 heterocycles. The summed E-state index contributed by atoms with van der Waals surface area (Å²) in [5, 5.41) is 17.9. The Bertz CT molecular complexity index is 154. The summed E-state index contributed by atoms with van der Waals surface area (Å²) in [7, 11) is 0. The summed E-state index contributed by atoms with van der Waals surface area (Å²) in [6.45, 7) is 5.42. The lowest BCUT2D eigenvalue weighted by molar-refractivity contribution is -0.455. The highest BCUT2D eigenvalue weighted by atomic mass is 17.2. The van der Waals surface area contributed by atoms with E-state index in [9.17, 15) is 0 Å². The molecule has 4 nitrogen and oxygen atoms in total. The van der Waals surface area contributed by atoms with Crippen molar-refractivity contribution in [2.75, 3.05) is 0 Å². The van der Waals surface area contributed by atoms with E-state index in [0.717, 1.165) is 6.42 Å². The zero-order valence-electron chi connectivity index (χ0n) is 7.70. The van der Waals surface area contributed by atoms with Crippen molar-refractivity contribution in [2.24, 2.45) is 0 Å². The Morgan fingerprint density at radius 1 is 1.08 bits per heavy atom. The van der Waals surface area contributed by atoms with Crippen molar-refractivity contribution in [1.82, 2.24) is 0 Å². The maximum Gasteiger partial charge on any atom is 0.184 e. The summed E-state index contributed by atoms with van der Waals surface area (Å²) in [5.41, 5.74) is -1.30. The molecule has 1 aliphatic heterocycles. The van der Waals surface area contributed by atoms with Crippen LogP contribution in [0.4, 0.5) is 0 Å². The van der Waals surface area contributed by atoms with Gasteiger partial charge in [0.15, 0.2) is 11.9 Å². The van der Waals surface area contributed by atoms with Gasteiger partial charge in [-0.05, 0) is 33.6 Å². The van der Waals surface area contributed by atoms with Crippen LogP contribution in [-0.2, 0) is 9.78 Å². The van der Waals surface area contributed by atoms with Gasteiger partial charge in [0.05, 0.1) is 5.60 Å². The van der Waals surface area contributed by atoms with Crippen molar-refractivity contribution in [3.63, 3.8) is 0 Å². The zero-order valence-corrected chi connectivity index (χ0v) is 7.70. The Labute approximate surface area is 72.0 Å². The van der Waals surface area contributed by atoms with Crippen LogP contribution in [0.25, 0.3) is 0 Å². The molecule has 0 amide bonds. The molecule has 1 aliphatic rings. The minimum Gasteiger partial charge on any atom is -0.366 e.